The summed E-state index contributed by atoms with van der Waals surface area (Å²) in [5, 5.41) is 5.36. The first kappa shape index (κ1) is 16.6. The van der Waals surface area contributed by atoms with Gasteiger partial charge in [-0.05, 0) is 30.9 Å². The van der Waals surface area contributed by atoms with Crippen molar-refractivity contribution in [3.63, 3.8) is 0 Å². The quantitative estimate of drug-likeness (QED) is 0.835. The summed E-state index contributed by atoms with van der Waals surface area (Å²) < 4.78 is 10.5. The summed E-state index contributed by atoms with van der Waals surface area (Å²) in [6, 6.07) is 5.06. The number of carbonyl (C=O) groups is 2. The van der Waals surface area contributed by atoms with E-state index in [1.165, 1.54) is 32.1 Å². The molecule has 0 saturated heterocycles. The van der Waals surface area contributed by atoms with Gasteiger partial charge < -0.3 is 20.1 Å². The van der Waals surface area contributed by atoms with Gasteiger partial charge in [0.15, 0.2) is 11.5 Å². The number of carbonyl (C=O) groups excluding carboxylic acids is 2. The molecule has 24 heavy (non-hydrogen) atoms. The third kappa shape index (κ3) is 4.40. The summed E-state index contributed by atoms with van der Waals surface area (Å²) in [7, 11) is 0. The van der Waals surface area contributed by atoms with Crippen LogP contribution in [-0.4, -0.2) is 25.2 Å². The number of fused-ring (bicyclic) bond motifs is 1. The molecule has 0 radical (unpaired) electrons. The van der Waals surface area contributed by atoms with Gasteiger partial charge in [0.25, 0.3) is 0 Å². The Morgan fingerprint density at radius 2 is 1.67 bits per heavy atom. The van der Waals surface area contributed by atoms with Crippen LogP contribution in [0.4, 0.5) is 5.69 Å². The maximum Gasteiger partial charge on any atom is 0.313 e. The Balaban J connectivity index is 1.46. The molecule has 0 bridgehead atoms. The second-order valence-corrected chi connectivity index (χ2v) is 6.44. The molecule has 1 aromatic carbocycles. The second kappa shape index (κ2) is 8.04. The molecular weight excluding hydrogens is 308 g/mol. The number of rotatable bonds is 3. The van der Waals surface area contributed by atoms with Gasteiger partial charge in [0.05, 0.1) is 0 Å². The second-order valence-electron chi connectivity index (χ2n) is 6.44. The molecule has 0 atom stereocenters. The van der Waals surface area contributed by atoms with Gasteiger partial charge in [0, 0.05) is 18.3 Å². The van der Waals surface area contributed by atoms with Gasteiger partial charge in [0.2, 0.25) is 6.79 Å². The number of amides is 2. The molecule has 6 nitrogen and oxygen atoms in total. The van der Waals surface area contributed by atoms with Crippen molar-refractivity contribution in [3.05, 3.63) is 18.2 Å². The highest BCUT2D eigenvalue weighted by Crippen LogP contribution is 2.34. The van der Waals surface area contributed by atoms with E-state index in [0.717, 1.165) is 12.8 Å². The molecule has 0 unspecified atom stereocenters. The molecule has 0 spiro atoms. The van der Waals surface area contributed by atoms with Crippen molar-refractivity contribution in [2.75, 3.05) is 18.7 Å². The molecule has 1 aliphatic carbocycles. The van der Waals surface area contributed by atoms with Crippen LogP contribution in [0, 0.1) is 5.92 Å². The van der Waals surface area contributed by atoms with E-state index in [-0.39, 0.29) is 6.79 Å². The Labute approximate surface area is 141 Å². The predicted octanol–water partition coefficient (Wildman–Crippen LogP) is 2.83. The van der Waals surface area contributed by atoms with E-state index >= 15 is 0 Å². The fourth-order valence-corrected chi connectivity index (χ4v) is 3.22. The van der Waals surface area contributed by atoms with E-state index in [2.05, 4.69) is 10.6 Å². The third-order valence-electron chi connectivity index (χ3n) is 4.61. The van der Waals surface area contributed by atoms with Crippen LogP contribution in [0.25, 0.3) is 0 Å². The van der Waals surface area contributed by atoms with Crippen molar-refractivity contribution in [2.24, 2.45) is 5.92 Å². The Hall–Kier alpha value is -2.24. The van der Waals surface area contributed by atoms with Crippen molar-refractivity contribution < 1.29 is 19.1 Å². The summed E-state index contributed by atoms with van der Waals surface area (Å²) in [6.45, 7) is 0.752. The molecule has 0 aromatic heterocycles. The number of hydrogen-bond acceptors (Lipinski definition) is 4. The minimum Gasteiger partial charge on any atom is -0.454 e. The fourth-order valence-electron chi connectivity index (χ4n) is 3.22. The third-order valence-corrected chi connectivity index (χ3v) is 4.61. The van der Waals surface area contributed by atoms with Crippen LogP contribution in [0.15, 0.2) is 18.2 Å². The lowest BCUT2D eigenvalue weighted by Gasteiger charge is -2.19. The SMILES string of the molecule is O=C(NCC1CCCCCCC1)C(=O)Nc1ccc2c(c1)OCO2. The Bertz CT molecular complexity index is 595. The summed E-state index contributed by atoms with van der Waals surface area (Å²) >= 11 is 0. The molecule has 1 aliphatic heterocycles. The summed E-state index contributed by atoms with van der Waals surface area (Å²) in [5.74, 6) is 0.450. The largest absolute Gasteiger partial charge is 0.454 e. The van der Waals surface area contributed by atoms with Gasteiger partial charge in [-0.25, -0.2) is 0 Å². The van der Waals surface area contributed by atoms with Crippen LogP contribution < -0.4 is 20.1 Å². The Morgan fingerprint density at radius 1 is 0.958 bits per heavy atom. The Morgan fingerprint density at radius 3 is 2.46 bits per heavy atom. The van der Waals surface area contributed by atoms with Crippen molar-refractivity contribution in [1.82, 2.24) is 5.32 Å². The number of ether oxygens (including phenoxy) is 2. The highest BCUT2D eigenvalue weighted by Gasteiger charge is 2.19. The molecule has 1 saturated carbocycles. The smallest absolute Gasteiger partial charge is 0.313 e. The van der Waals surface area contributed by atoms with Gasteiger partial charge >= 0.3 is 11.8 Å². The van der Waals surface area contributed by atoms with E-state index in [0.29, 0.717) is 29.6 Å². The minimum atomic E-state index is -0.653. The van der Waals surface area contributed by atoms with Crippen molar-refractivity contribution in [2.45, 2.75) is 44.9 Å². The zero-order valence-corrected chi connectivity index (χ0v) is 13.8. The van der Waals surface area contributed by atoms with E-state index in [4.69, 9.17) is 9.47 Å². The van der Waals surface area contributed by atoms with Gasteiger partial charge in [-0.1, -0.05) is 32.1 Å². The highest BCUT2D eigenvalue weighted by molar-refractivity contribution is 6.39. The van der Waals surface area contributed by atoms with E-state index in [9.17, 15) is 9.59 Å². The lowest BCUT2D eigenvalue weighted by molar-refractivity contribution is -0.136. The van der Waals surface area contributed by atoms with Crippen molar-refractivity contribution in [3.8, 4) is 11.5 Å². The van der Waals surface area contributed by atoms with Crippen LogP contribution in [0.3, 0.4) is 0 Å². The molecule has 1 aromatic rings. The molecule has 1 fully saturated rings. The zero-order valence-electron chi connectivity index (χ0n) is 13.8. The van der Waals surface area contributed by atoms with Crippen LogP contribution in [0.5, 0.6) is 11.5 Å². The maximum atomic E-state index is 12.0. The van der Waals surface area contributed by atoms with Crippen molar-refractivity contribution in [1.29, 1.82) is 0 Å². The number of nitrogens with one attached hydrogen (secondary N) is 2. The van der Waals surface area contributed by atoms with E-state index in [1.807, 2.05) is 0 Å². The monoisotopic (exact) mass is 332 g/mol. The Kier molecular flexibility index (Phi) is 5.56. The summed E-state index contributed by atoms with van der Waals surface area (Å²) in [6.07, 6.45) is 8.54. The summed E-state index contributed by atoms with van der Waals surface area (Å²) in [5.41, 5.74) is 0.519. The maximum absolute atomic E-state index is 12.0. The number of benzene rings is 1. The van der Waals surface area contributed by atoms with Crippen molar-refractivity contribution >= 4 is 17.5 Å². The lowest BCUT2D eigenvalue weighted by atomic mass is 9.91. The van der Waals surface area contributed by atoms with Gasteiger partial charge in [0.1, 0.15) is 0 Å². The first-order valence-corrected chi connectivity index (χ1v) is 8.71. The van der Waals surface area contributed by atoms with Gasteiger partial charge in [-0.2, -0.15) is 0 Å². The van der Waals surface area contributed by atoms with Crippen LogP contribution in [0.2, 0.25) is 0 Å². The topological polar surface area (TPSA) is 76.7 Å². The molecular formula is C18H24N2O4. The van der Waals surface area contributed by atoms with Gasteiger partial charge in [-0.15, -0.1) is 0 Å². The minimum absolute atomic E-state index is 0.175. The molecule has 2 N–H and O–H groups in total. The van der Waals surface area contributed by atoms with Gasteiger partial charge in [-0.3, -0.25) is 9.59 Å². The normalized spacial score (nSPS) is 17.7. The fraction of sp³-hybridized carbons (Fsp3) is 0.556. The standard InChI is InChI=1S/C18H24N2O4/c21-17(19-11-13-6-4-2-1-3-5-7-13)18(22)20-14-8-9-15-16(10-14)24-12-23-15/h8-10,13H,1-7,11-12H2,(H,19,21)(H,20,22). The van der Waals surface area contributed by atoms with Crippen LogP contribution in [0.1, 0.15) is 44.9 Å². The molecule has 130 valence electrons. The highest BCUT2D eigenvalue weighted by atomic mass is 16.7. The first-order valence-electron chi connectivity index (χ1n) is 8.71. The summed E-state index contributed by atoms with van der Waals surface area (Å²) in [4.78, 5) is 24.0. The van der Waals surface area contributed by atoms with Crippen LogP contribution >= 0.6 is 0 Å². The van der Waals surface area contributed by atoms with E-state index < -0.39 is 11.8 Å². The molecule has 1 heterocycles. The van der Waals surface area contributed by atoms with E-state index in [1.54, 1.807) is 18.2 Å². The zero-order chi connectivity index (χ0) is 16.8. The molecule has 6 heteroatoms. The number of anilines is 1. The predicted molar refractivity (Wildman–Crippen MR) is 90.0 cm³/mol. The average molecular weight is 332 g/mol. The number of hydrogen-bond donors (Lipinski definition) is 2. The molecule has 3 rings (SSSR count). The first-order chi connectivity index (χ1) is 11.7. The van der Waals surface area contributed by atoms with Crippen LogP contribution in [-0.2, 0) is 9.59 Å². The molecule has 2 amide bonds. The lowest BCUT2D eigenvalue weighted by Crippen LogP contribution is -2.38. The average Bonchev–Trinajstić information content (AvgIpc) is 3.01. The molecule has 2 aliphatic rings.